The van der Waals surface area contributed by atoms with Crippen molar-refractivity contribution in [2.24, 2.45) is 12.8 Å². The van der Waals surface area contributed by atoms with Crippen molar-refractivity contribution in [3.63, 3.8) is 0 Å². The van der Waals surface area contributed by atoms with E-state index in [1.54, 1.807) is 25.0 Å². The Labute approximate surface area is 75.3 Å². The molecule has 6 nitrogen and oxygen atoms in total. The highest BCUT2D eigenvalue weighted by Crippen LogP contribution is 2.19. The monoisotopic (exact) mass is 181 g/mol. The lowest BCUT2D eigenvalue weighted by Crippen LogP contribution is -2.52. The molecule has 2 rings (SSSR count). The molecule has 13 heavy (non-hydrogen) atoms. The van der Waals surface area contributed by atoms with E-state index in [1.165, 1.54) is 4.90 Å². The summed E-state index contributed by atoms with van der Waals surface area (Å²) in [7, 11) is 3.42. The van der Waals surface area contributed by atoms with Crippen LogP contribution in [0.3, 0.4) is 0 Å². The molecule has 0 fully saturated rings. The summed E-state index contributed by atoms with van der Waals surface area (Å²) in [6, 6.07) is 0. The minimum absolute atomic E-state index is 0.110. The summed E-state index contributed by atoms with van der Waals surface area (Å²) >= 11 is 0. The minimum atomic E-state index is -0.491. The molecule has 0 radical (unpaired) electrons. The maximum absolute atomic E-state index is 11.7. The van der Waals surface area contributed by atoms with Gasteiger partial charge in [0.15, 0.2) is 17.8 Å². The number of hydrogen-bond donors (Lipinski definition) is 2. The first-order chi connectivity index (χ1) is 6.11. The van der Waals surface area contributed by atoms with Gasteiger partial charge in [0.2, 0.25) is 0 Å². The van der Waals surface area contributed by atoms with Gasteiger partial charge in [-0.25, -0.2) is 4.98 Å². The van der Waals surface area contributed by atoms with E-state index in [0.717, 1.165) is 0 Å². The number of aromatic nitrogens is 2. The summed E-state index contributed by atoms with van der Waals surface area (Å²) in [6.45, 7) is 0. The third kappa shape index (κ3) is 0.988. The van der Waals surface area contributed by atoms with Crippen molar-refractivity contribution < 1.29 is 4.79 Å². The van der Waals surface area contributed by atoms with Gasteiger partial charge in [-0.05, 0) is 0 Å². The highest BCUT2D eigenvalue weighted by Gasteiger charge is 2.30. The molecule has 0 aromatic carbocycles. The SMILES string of the molecule is CN1C(=O)c2c(ncn2C)NC1N. The largest absolute Gasteiger partial charge is 0.336 e. The fourth-order valence-corrected chi connectivity index (χ4v) is 1.32. The van der Waals surface area contributed by atoms with E-state index in [4.69, 9.17) is 5.73 Å². The second-order valence-electron chi connectivity index (χ2n) is 3.06. The highest BCUT2D eigenvalue weighted by molar-refractivity contribution is 5.98. The first-order valence-corrected chi connectivity index (χ1v) is 3.92. The Bertz CT molecular complexity index is 358. The number of amides is 1. The number of nitrogens with zero attached hydrogens (tertiary/aromatic N) is 3. The standard InChI is InChI=1S/C7H11N5O/c1-11-3-9-5-4(11)6(13)12(2)7(8)10-5/h3,7,10H,8H2,1-2H3. The van der Waals surface area contributed by atoms with Crippen LogP contribution in [-0.2, 0) is 7.05 Å². The molecule has 1 unspecified atom stereocenters. The Balaban J connectivity index is 2.52. The van der Waals surface area contributed by atoms with E-state index >= 15 is 0 Å². The number of imidazole rings is 1. The topological polar surface area (TPSA) is 76.2 Å². The molecule has 1 atom stereocenters. The summed E-state index contributed by atoms with van der Waals surface area (Å²) in [5, 5.41) is 2.91. The maximum Gasteiger partial charge on any atom is 0.276 e. The Kier molecular flexibility index (Phi) is 1.53. The summed E-state index contributed by atoms with van der Waals surface area (Å²) in [4.78, 5) is 17.1. The van der Waals surface area contributed by atoms with Crippen LogP contribution in [0.1, 0.15) is 10.5 Å². The number of nitrogens with two attached hydrogens (primary N) is 1. The van der Waals surface area contributed by atoms with Crippen LogP contribution in [0.25, 0.3) is 0 Å². The molecule has 70 valence electrons. The van der Waals surface area contributed by atoms with Gasteiger partial charge < -0.3 is 14.8 Å². The van der Waals surface area contributed by atoms with Crippen molar-refractivity contribution in [2.45, 2.75) is 6.29 Å². The van der Waals surface area contributed by atoms with Crippen LogP contribution in [0.4, 0.5) is 5.82 Å². The van der Waals surface area contributed by atoms with Crippen molar-refractivity contribution in [3.05, 3.63) is 12.0 Å². The minimum Gasteiger partial charge on any atom is -0.336 e. The molecular formula is C7H11N5O. The molecule has 1 aromatic heterocycles. The molecule has 1 aliphatic rings. The van der Waals surface area contributed by atoms with Gasteiger partial charge in [0.05, 0.1) is 6.33 Å². The molecule has 6 heteroatoms. The zero-order valence-electron chi connectivity index (χ0n) is 7.48. The molecule has 0 saturated heterocycles. The average Bonchev–Trinajstić information content (AvgIpc) is 2.43. The summed E-state index contributed by atoms with van der Waals surface area (Å²) < 4.78 is 1.67. The van der Waals surface area contributed by atoms with Gasteiger partial charge in [-0.1, -0.05) is 0 Å². The van der Waals surface area contributed by atoms with Crippen LogP contribution in [0.5, 0.6) is 0 Å². The van der Waals surface area contributed by atoms with Crippen molar-refractivity contribution in [3.8, 4) is 0 Å². The number of aryl methyl sites for hydroxylation is 1. The predicted molar refractivity (Wildman–Crippen MR) is 46.9 cm³/mol. The number of hydrogen-bond acceptors (Lipinski definition) is 4. The van der Waals surface area contributed by atoms with Crippen LogP contribution in [0, 0.1) is 0 Å². The number of nitrogens with one attached hydrogen (secondary N) is 1. The normalized spacial score (nSPS) is 21.3. The van der Waals surface area contributed by atoms with Gasteiger partial charge in [0.25, 0.3) is 5.91 Å². The lowest BCUT2D eigenvalue weighted by Gasteiger charge is -2.30. The Hall–Kier alpha value is -1.56. The number of fused-ring (bicyclic) bond motifs is 1. The first kappa shape index (κ1) is 8.06. The third-order valence-corrected chi connectivity index (χ3v) is 2.16. The Morgan fingerprint density at radius 2 is 2.31 bits per heavy atom. The summed E-state index contributed by atoms with van der Waals surface area (Å²) in [5.74, 6) is 0.444. The zero-order chi connectivity index (χ0) is 9.59. The quantitative estimate of drug-likeness (QED) is 0.547. The van der Waals surface area contributed by atoms with Crippen molar-refractivity contribution in [2.75, 3.05) is 12.4 Å². The van der Waals surface area contributed by atoms with Gasteiger partial charge in [-0.2, -0.15) is 0 Å². The maximum atomic E-state index is 11.7. The molecule has 3 N–H and O–H groups in total. The fraction of sp³-hybridized carbons (Fsp3) is 0.429. The number of rotatable bonds is 0. The molecular weight excluding hydrogens is 170 g/mol. The van der Waals surface area contributed by atoms with E-state index in [0.29, 0.717) is 11.5 Å². The number of anilines is 1. The van der Waals surface area contributed by atoms with E-state index in [-0.39, 0.29) is 5.91 Å². The van der Waals surface area contributed by atoms with Gasteiger partial charge in [-0.15, -0.1) is 0 Å². The average molecular weight is 181 g/mol. The molecule has 1 amide bonds. The fourth-order valence-electron chi connectivity index (χ4n) is 1.32. The van der Waals surface area contributed by atoms with Crippen LogP contribution >= 0.6 is 0 Å². The van der Waals surface area contributed by atoms with E-state index < -0.39 is 6.29 Å². The summed E-state index contributed by atoms with van der Waals surface area (Å²) in [5.41, 5.74) is 6.18. The van der Waals surface area contributed by atoms with Gasteiger partial charge in [0.1, 0.15) is 0 Å². The van der Waals surface area contributed by atoms with Crippen LogP contribution < -0.4 is 11.1 Å². The zero-order valence-corrected chi connectivity index (χ0v) is 7.48. The van der Waals surface area contributed by atoms with Crippen molar-refractivity contribution >= 4 is 11.7 Å². The Morgan fingerprint density at radius 3 is 3.00 bits per heavy atom. The molecule has 0 bridgehead atoms. The van der Waals surface area contributed by atoms with E-state index in [2.05, 4.69) is 10.3 Å². The molecule has 0 aliphatic carbocycles. The van der Waals surface area contributed by atoms with Crippen LogP contribution in [0.15, 0.2) is 6.33 Å². The molecule has 1 aromatic rings. The van der Waals surface area contributed by atoms with Crippen molar-refractivity contribution in [1.29, 1.82) is 0 Å². The third-order valence-electron chi connectivity index (χ3n) is 2.16. The lowest BCUT2D eigenvalue weighted by molar-refractivity contribution is 0.0730. The smallest absolute Gasteiger partial charge is 0.276 e. The number of carbonyl (C=O) groups excluding carboxylic acids is 1. The van der Waals surface area contributed by atoms with Crippen LogP contribution in [-0.4, -0.2) is 33.7 Å². The Morgan fingerprint density at radius 1 is 1.62 bits per heavy atom. The molecule has 0 saturated carbocycles. The predicted octanol–water partition coefficient (Wildman–Crippen LogP) is -0.840. The molecule has 2 heterocycles. The van der Waals surface area contributed by atoms with E-state index in [1.807, 2.05) is 0 Å². The molecule has 0 spiro atoms. The van der Waals surface area contributed by atoms with E-state index in [9.17, 15) is 4.79 Å². The lowest BCUT2D eigenvalue weighted by atomic mass is 10.3. The summed E-state index contributed by atoms with van der Waals surface area (Å²) in [6.07, 6.45) is 1.09. The van der Waals surface area contributed by atoms with Crippen LogP contribution in [0.2, 0.25) is 0 Å². The second kappa shape index (κ2) is 2.46. The molecule has 1 aliphatic heterocycles. The van der Waals surface area contributed by atoms with Crippen molar-refractivity contribution in [1.82, 2.24) is 14.5 Å². The number of carbonyl (C=O) groups is 1. The van der Waals surface area contributed by atoms with Gasteiger partial charge >= 0.3 is 0 Å². The first-order valence-electron chi connectivity index (χ1n) is 3.92. The second-order valence-corrected chi connectivity index (χ2v) is 3.06. The highest BCUT2D eigenvalue weighted by atomic mass is 16.2. The van der Waals surface area contributed by atoms with Gasteiger partial charge in [0, 0.05) is 14.1 Å². The van der Waals surface area contributed by atoms with Gasteiger partial charge in [-0.3, -0.25) is 10.5 Å².